The molecule has 0 aliphatic heterocycles. The van der Waals surface area contributed by atoms with E-state index in [4.69, 9.17) is 5.73 Å². The van der Waals surface area contributed by atoms with E-state index in [1.54, 1.807) is 0 Å². The average Bonchev–Trinajstić information content (AvgIpc) is 2.15. The second-order valence-electron chi connectivity index (χ2n) is 6.89. The Bertz CT molecular complexity index is 180. The number of nitrogens with one attached hydrogen (secondary N) is 1. The molecule has 0 aromatic rings. The van der Waals surface area contributed by atoms with Gasteiger partial charge in [0, 0.05) is 12.1 Å². The molecule has 0 saturated carbocycles. The molecule has 0 spiro atoms. The first-order valence-corrected chi connectivity index (χ1v) is 7.26. The van der Waals surface area contributed by atoms with Crippen LogP contribution in [0.4, 0.5) is 0 Å². The second-order valence-corrected chi connectivity index (χ2v) is 6.89. The monoisotopic (exact) mass is 242 g/mol. The minimum absolute atomic E-state index is 0.0156. The largest absolute Gasteiger partial charge is 0.326 e. The van der Waals surface area contributed by atoms with E-state index in [0.29, 0.717) is 5.41 Å². The fourth-order valence-corrected chi connectivity index (χ4v) is 2.04. The van der Waals surface area contributed by atoms with Gasteiger partial charge in [-0.15, -0.1) is 0 Å². The van der Waals surface area contributed by atoms with Crippen molar-refractivity contribution < 1.29 is 0 Å². The zero-order valence-corrected chi connectivity index (χ0v) is 12.7. The van der Waals surface area contributed by atoms with E-state index in [-0.39, 0.29) is 5.54 Å². The maximum atomic E-state index is 5.96. The molecule has 17 heavy (non-hydrogen) atoms. The van der Waals surface area contributed by atoms with Crippen molar-refractivity contribution in [1.82, 2.24) is 5.32 Å². The van der Waals surface area contributed by atoms with Crippen molar-refractivity contribution in [3.05, 3.63) is 0 Å². The fourth-order valence-electron chi connectivity index (χ4n) is 2.04. The lowest BCUT2D eigenvalue weighted by Crippen LogP contribution is -2.34. The predicted molar refractivity (Wildman–Crippen MR) is 78.3 cm³/mol. The van der Waals surface area contributed by atoms with Gasteiger partial charge >= 0.3 is 0 Å². The molecule has 0 rings (SSSR count). The Kier molecular flexibility index (Phi) is 8.06. The topological polar surface area (TPSA) is 38.0 Å². The Morgan fingerprint density at radius 2 is 1.59 bits per heavy atom. The number of unbranched alkanes of at least 4 members (excludes halogenated alkanes) is 2. The van der Waals surface area contributed by atoms with Crippen LogP contribution < -0.4 is 11.1 Å². The van der Waals surface area contributed by atoms with Crippen LogP contribution in [0.15, 0.2) is 0 Å². The Morgan fingerprint density at radius 3 is 2.12 bits per heavy atom. The molecule has 0 aliphatic rings. The Hall–Kier alpha value is -0.0800. The number of hydrogen-bond acceptors (Lipinski definition) is 2. The molecular formula is C15H34N2. The smallest absolute Gasteiger partial charge is 0.00975 e. The highest BCUT2D eigenvalue weighted by Gasteiger charge is 2.16. The molecule has 104 valence electrons. The highest BCUT2D eigenvalue weighted by molar-refractivity contribution is 4.74. The van der Waals surface area contributed by atoms with Crippen LogP contribution in [0.2, 0.25) is 0 Å². The summed E-state index contributed by atoms with van der Waals surface area (Å²) in [5.74, 6) is 0. The molecule has 3 N–H and O–H groups in total. The van der Waals surface area contributed by atoms with Gasteiger partial charge in [0.15, 0.2) is 0 Å². The summed E-state index contributed by atoms with van der Waals surface area (Å²) in [4.78, 5) is 0. The Morgan fingerprint density at radius 1 is 0.941 bits per heavy atom. The van der Waals surface area contributed by atoms with Crippen LogP contribution in [-0.2, 0) is 0 Å². The van der Waals surface area contributed by atoms with E-state index in [9.17, 15) is 0 Å². The van der Waals surface area contributed by atoms with Crippen molar-refractivity contribution in [3.8, 4) is 0 Å². The first-order valence-electron chi connectivity index (χ1n) is 7.26. The summed E-state index contributed by atoms with van der Waals surface area (Å²) in [5.41, 5.74) is 6.38. The summed E-state index contributed by atoms with van der Waals surface area (Å²) >= 11 is 0. The third kappa shape index (κ3) is 12.2. The molecule has 0 atom stereocenters. The van der Waals surface area contributed by atoms with Crippen LogP contribution in [0.3, 0.4) is 0 Å². The standard InChI is InChI=1S/C15H34N2/c1-6-7-8-10-14(2,3)13-17-12-9-11-15(4,5)16/h17H,6-13,16H2,1-5H3. The van der Waals surface area contributed by atoms with Gasteiger partial charge in [-0.25, -0.2) is 0 Å². The maximum absolute atomic E-state index is 5.96. The van der Waals surface area contributed by atoms with E-state index in [0.717, 1.165) is 19.5 Å². The van der Waals surface area contributed by atoms with Gasteiger partial charge in [-0.2, -0.15) is 0 Å². The van der Waals surface area contributed by atoms with Gasteiger partial charge in [-0.1, -0.05) is 40.0 Å². The predicted octanol–water partition coefficient (Wildman–Crippen LogP) is 3.70. The van der Waals surface area contributed by atoms with Crippen LogP contribution in [0.25, 0.3) is 0 Å². The Labute approximate surface area is 109 Å². The summed E-state index contributed by atoms with van der Waals surface area (Å²) in [6.07, 6.45) is 7.64. The van der Waals surface area contributed by atoms with Crippen molar-refractivity contribution in [2.24, 2.45) is 11.1 Å². The van der Waals surface area contributed by atoms with Gasteiger partial charge in [0.2, 0.25) is 0 Å². The zero-order chi connectivity index (χ0) is 13.4. The minimum Gasteiger partial charge on any atom is -0.326 e. The second kappa shape index (κ2) is 8.10. The lowest BCUT2D eigenvalue weighted by atomic mass is 9.87. The quantitative estimate of drug-likeness (QED) is 0.573. The van der Waals surface area contributed by atoms with E-state index < -0.39 is 0 Å². The number of hydrogen-bond donors (Lipinski definition) is 2. The minimum atomic E-state index is -0.0156. The number of nitrogens with two attached hydrogens (primary N) is 1. The molecule has 0 aliphatic carbocycles. The first-order chi connectivity index (χ1) is 7.77. The van der Waals surface area contributed by atoms with Gasteiger partial charge in [0.1, 0.15) is 0 Å². The van der Waals surface area contributed by atoms with Gasteiger partial charge in [-0.05, 0) is 45.1 Å². The Balaban J connectivity index is 3.51. The SMILES string of the molecule is CCCCCC(C)(C)CNCCCC(C)(C)N. The lowest BCUT2D eigenvalue weighted by Gasteiger charge is -2.25. The van der Waals surface area contributed by atoms with Crippen molar-refractivity contribution in [2.45, 2.75) is 78.7 Å². The molecule has 0 bridgehead atoms. The third-order valence-electron chi connectivity index (χ3n) is 3.24. The number of rotatable bonds is 10. The first kappa shape index (κ1) is 16.9. The summed E-state index contributed by atoms with van der Waals surface area (Å²) in [7, 11) is 0. The lowest BCUT2D eigenvalue weighted by molar-refractivity contribution is 0.300. The maximum Gasteiger partial charge on any atom is 0.00975 e. The van der Waals surface area contributed by atoms with Gasteiger partial charge < -0.3 is 11.1 Å². The molecule has 2 nitrogen and oxygen atoms in total. The van der Waals surface area contributed by atoms with Crippen molar-refractivity contribution in [1.29, 1.82) is 0 Å². The van der Waals surface area contributed by atoms with Gasteiger partial charge in [0.05, 0.1) is 0 Å². The molecule has 2 heteroatoms. The highest BCUT2D eigenvalue weighted by Crippen LogP contribution is 2.22. The van der Waals surface area contributed by atoms with E-state index in [1.165, 1.54) is 32.1 Å². The van der Waals surface area contributed by atoms with Crippen LogP contribution >= 0.6 is 0 Å². The van der Waals surface area contributed by atoms with Crippen LogP contribution in [0, 0.1) is 5.41 Å². The average molecular weight is 242 g/mol. The molecule has 0 heterocycles. The molecule has 0 amide bonds. The van der Waals surface area contributed by atoms with Crippen LogP contribution in [0.5, 0.6) is 0 Å². The van der Waals surface area contributed by atoms with Crippen molar-refractivity contribution in [3.63, 3.8) is 0 Å². The summed E-state index contributed by atoms with van der Waals surface area (Å²) < 4.78 is 0. The normalized spacial score (nSPS) is 13.1. The molecule has 0 radical (unpaired) electrons. The molecule has 0 aromatic carbocycles. The molecular weight excluding hydrogens is 208 g/mol. The zero-order valence-electron chi connectivity index (χ0n) is 12.7. The highest BCUT2D eigenvalue weighted by atomic mass is 14.9. The van der Waals surface area contributed by atoms with Gasteiger partial charge in [-0.3, -0.25) is 0 Å². The molecule has 0 aromatic heterocycles. The van der Waals surface area contributed by atoms with E-state index >= 15 is 0 Å². The van der Waals surface area contributed by atoms with Crippen LogP contribution in [0.1, 0.15) is 73.1 Å². The molecule has 0 saturated heterocycles. The van der Waals surface area contributed by atoms with Crippen molar-refractivity contribution in [2.75, 3.05) is 13.1 Å². The molecule has 0 unspecified atom stereocenters. The molecule has 0 fully saturated rings. The van der Waals surface area contributed by atoms with Gasteiger partial charge in [0.25, 0.3) is 0 Å². The van der Waals surface area contributed by atoms with E-state index in [2.05, 4.69) is 39.9 Å². The fraction of sp³-hybridized carbons (Fsp3) is 1.00. The summed E-state index contributed by atoms with van der Waals surface area (Å²) in [6, 6.07) is 0. The summed E-state index contributed by atoms with van der Waals surface area (Å²) in [6.45, 7) is 13.4. The summed E-state index contributed by atoms with van der Waals surface area (Å²) in [5, 5.41) is 3.57. The third-order valence-corrected chi connectivity index (χ3v) is 3.24. The van der Waals surface area contributed by atoms with Crippen LogP contribution in [-0.4, -0.2) is 18.6 Å². The van der Waals surface area contributed by atoms with E-state index in [1.807, 2.05) is 0 Å². The van der Waals surface area contributed by atoms with Crippen molar-refractivity contribution >= 4 is 0 Å².